The van der Waals surface area contributed by atoms with Crippen LogP contribution in [0.3, 0.4) is 0 Å². The first kappa shape index (κ1) is 15.7. The Morgan fingerprint density at radius 1 is 1.00 bits per heavy atom. The fourth-order valence-electron chi connectivity index (χ4n) is 1.91. The lowest BCUT2D eigenvalue weighted by Crippen LogP contribution is -2.10. The van der Waals surface area contributed by atoms with Crippen molar-refractivity contribution < 1.29 is 22.7 Å². The van der Waals surface area contributed by atoms with Crippen LogP contribution >= 0.6 is 0 Å². The molecule has 0 bridgehead atoms. The Balaban J connectivity index is 1.70. The third kappa shape index (κ3) is 3.40. The van der Waals surface area contributed by atoms with Crippen molar-refractivity contribution in [3.8, 4) is 11.4 Å². The molecule has 122 valence electrons. The van der Waals surface area contributed by atoms with E-state index in [1.807, 2.05) is 0 Å². The van der Waals surface area contributed by atoms with Crippen LogP contribution in [0.4, 0.5) is 13.2 Å². The summed E-state index contributed by atoms with van der Waals surface area (Å²) in [5.74, 6) is -0.504. The van der Waals surface area contributed by atoms with Crippen LogP contribution in [-0.2, 0) is 6.18 Å². The van der Waals surface area contributed by atoms with Gasteiger partial charge in [-0.25, -0.2) is 9.48 Å². The van der Waals surface area contributed by atoms with Crippen molar-refractivity contribution >= 4 is 5.97 Å². The molecule has 0 spiro atoms. The van der Waals surface area contributed by atoms with Crippen LogP contribution in [0.15, 0.2) is 54.9 Å². The number of aromatic nitrogens is 4. The van der Waals surface area contributed by atoms with E-state index in [1.165, 1.54) is 23.1 Å². The number of benzene rings is 2. The number of nitrogens with zero attached hydrogens (tertiary/aromatic N) is 4. The Kier molecular flexibility index (Phi) is 3.98. The number of halogens is 3. The number of carbonyl (C=O) groups excluding carboxylic acids is 1. The highest BCUT2D eigenvalue weighted by Crippen LogP contribution is 2.29. The molecule has 1 heterocycles. The summed E-state index contributed by atoms with van der Waals surface area (Å²) in [4.78, 5) is 11.9. The molecule has 2 aromatic carbocycles. The van der Waals surface area contributed by atoms with E-state index in [2.05, 4.69) is 15.5 Å². The van der Waals surface area contributed by atoms with Crippen LogP contribution in [0.25, 0.3) is 5.69 Å². The van der Waals surface area contributed by atoms with Gasteiger partial charge in [0.25, 0.3) is 0 Å². The minimum atomic E-state index is -4.45. The lowest BCUT2D eigenvalue weighted by atomic mass is 10.1. The van der Waals surface area contributed by atoms with E-state index < -0.39 is 17.7 Å². The summed E-state index contributed by atoms with van der Waals surface area (Å²) in [5, 5.41) is 10.7. The molecule has 0 saturated heterocycles. The van der Waals surface area contributed by atoms with E-state index in [0.717, 1.165) is 24.3 Å². The van der Waals surface area contributed by atoms with Crippen LogP contribution in [0.5, 0.6) is 5.75 Å². The van der Waals surface area contributed by atoms with Crippen molar-refractivity contribution in [1.29, 1.82) is 0 Å². The fourth-order valence-corrected chi connectivity index (χ4v) is 1.91. The Morgan fingerprint density at radius 3 is 2.21 bits per heavy atom. The number of hydrogen-bond acceptors (Lipinski definition) is 5. The highest BCUT2D eigenvalue weighted by molar-refractivity contribution is 5.91. The van der Waals surface area contributed by atoms with Crippen molar-refractivity contribution in [1.82, 2.24) is 20.2 Å². The van der Waals surface area contributed by atoms with Gasteiger partial charge in [-0.1, -0.05) is 0 Å². The molecule has 0 aliphatic rings. The molecule has 0 unspecified atom stereocenters. The van der Waals surface area contributed by atoms with Gasteiger partial charge in [0.15, 0.2) is 0 Å². The van der Waals surface area contributed by atoms with Crippen molar-refractivity contribution in [2.45, 2.75) is 6.18 Å². The molecule has 1 aromatic heterocycles. The summed E-state index contributed by atoms with van der Waals surface area (Å²) in [6, 6.07) is 10.1. The van der Waals surface area contributed by atoms with Crippen molar-refractivity contribution in [2.24, 2.45) is 0 Å². The fraction of sp³-hybridized carbons (Fsp3) is 0.0667. The highest BCUT2D eigenvalue weighted by atomic mass is 19.4. The Hall–Kier alpha value is -3.23. The average molecular weight is 334 g/mol. The molecule has 9 heteroatoms. The lowest BCUT2D eigenvalue weighted by molar-refractivity contribution is -0.137. The molecule has 0 saturated carbocycles. The minimum absolute atomic E-state index is 0.0209. The van der Waals surface area contributed by atoms with Gasteiger partial charge in [-0.2, -0.15) is 13.2 Å². The molecule has 6 nitrogen and oxygen atoms in total. The van der Waals surface area contributed by atoms with Gasteiger partial charge in [0, 0.05) is 0 Å². The standard InChI is InChI=1S/C15H9F3N4O2/c16-15(17,18)11-3-1-10(2-4-11)14(23)24-13-7-5-12(6-8-13)22-9-19-20-21-22/h1-9H. The number of hydrogen-bond donors (Lipinski definition) is 0. The predicted molar refractivity (Wildman–Crippen MR) is 75.6 cm³/mol. The third-order valence-electron chi connectivity index (χ3n) is 3.11. The smallest absolute Gasteiger partial charge is 0.416 e. The minimum Gasteiger partial charge on any atom is -0.423 e. The summed E-state index contributed by atoms with van der Waals surface area (Å²) < 4.78 is 44.0. The molecule has 0 aliphatic heterocycles. The maximum absolute atomic E-state index is 12.5. The number of carbonyl (C=O) groups is 1. The highest BCUT2D eigenvalue weighted by Gasteiger charge is 2.30. The molecule has 0 aliphatic carbocycles. The maximum atomic E-state index is 12.5. The van der Waals surface area contributed by atoms with Gasteiger partial charge in [0.1, 0.15) is 12.1 Å². The van der Waals surface area contributed by atoms with Crippen LogP contribution < -0.4 is 4.74 Å². The second-order valence-electron chi connectivity index (χ2n) is 4.71. The number of rotatable bonds is 3. The summed E-state index contributed by atoms with van der Waals surface area (Å²) in [6.07, 6.45) is -3.04. The Bertz CT molecular complexity index is 829. The zero-order chi connectivity index (χ0) is 17.2. The van der Waals surface area contributed by atoms with Crippen LogP contribution in [0.2, 0.25) is 0 Å². The van der Waals surface area contributed by atoms with Crippen LogP contribution in [-0.4, -0.2) is 26.2 Å². The zero-order valence-electron chi connectivity index (χ0n) is 11.9. The van der Waals surface area contributed by atoms with Gasteiger partial charge >= 0.3 is 12.1 Å². The summed E-state index contributed by atoms with van der Waals surface area (Å²) in [5.41, 5.74) is -0.147. The van der Waals surface area contributed by atoms with E-state index in [1.54, 1.807) is 12.1 Å². The van der Waals surface area contributed by atoms with Crippen molar-refractivity contribution in [2.75, 3.05) is 0 Å². The lowest BCUT2D eigenvalue weighted by Gasteiger charge is -2.08. The summed E-state index contributed by atoms with van der Waals surface area (Å²) in [7, 11) is 0. The first-order chi connectivity index (χ1) is 11.4. The molecule has 24 heavy (non-hydrogen) atoms. The van der Waals surface area contributed by atoms with E-state index in [0.29, 0.717) is 5.69 Å². The average Bonchev–Trinajstić information content (AvgIpc) is 3.09. The van der Waals surface area contributed by atoms with Crippen LogP contribution in [0, 0.1) is 0 Å². The molecular weight excluding hydrogens is 325 g/mol. The van der Waals surface area contributed by atoms with Crippen molar-refractivity contribution in [3.63, 3.8) is 0 Å². The molecule has 3 aromatic rings. The maximum Gasteiger partial charge on any atom is 0.416 e. The van der Waals surface area contributed by atoms with Gasteiger partial charge in [0.05, 0.1) is 16.8 Å². The van der Waals surface area contributed by atoms with Crippen molar-refractivity contribution in [3.05, 3.63) is 66.0 Å². The molecule has 0 radical (unpaired) electrons. The topological polar surface area (TPSA) is 69.9 Å². The van der Waals surface area contributed by atoms with E-state index in [9.17, 15) is 18.0 Å². The monoisotopic (exact) mass is 334 g/mol. The molecular formula is C15H9F3N4O2. The normalized spacial score (nSPS) is 11.3. The largest absolute Gasteiger partial charge is 0.423 e. The van der Waals surface area contributed by atoms with E-state index in [4.69, 9.17) is 4.74 Å². The Morgan fingerprint density at radius 2 is 1.67 bits per heavy atom. The van der Waals surface area contributed by atoms with Gasteiger partial charge in [-0.05, 0) is 59.0 Å². The molecule has 0 N–H and O–H groups in total. The SMILES string of the molecule is O=C(Oc1ccc(-n2cnnn2)cc1)c1ccc(C(F)(F)F)cc1. The van der Waals surface area contributed by atoms with Gasteiger partial charge in [-0.15, -0.1) is 5.10 Å². The predicted octanol–water partition coefficient (Wildman–Crippen LogP) is 2.90. The second kappa shape index (κ2) is 6.11. The molecule has 0 atom stereocenters. The quantitative estimate of drug-likeness (QED) is 0.544. The van der Waals surface area contributed by atoms with E-state index in [-0.39, 0.29) is 11.3 Å². The summed E-state index contributed by atoms with van der Waals surface area (Å²) in [6.45, 7) is 0. The molecule has 0 amide bonds. The first-order valence-corrected chi connectivity index (χ1v) is 6.66. The molecule has 0 fully saturated rings. The number of esters is 1. The van der Waals surface area contributed by atoms with Gasteiger partial charge in [-0.3, -0.25) is 0 Å². The third-order valence-corrected chi connectivity index (χ3v) is 3.11. The number of tetrazole rings is 1. The van der Waals surface area contributed by atoms with E-state index >= 15 is 0 Å². The number of alkyl halides is 3. The Labute approximate surface area is 133 Å². The second-order valence-corrected chi connectivity index (χ2v) is 4.71. The van der Waals surface area contributed by atoms with Gasteiger partial charge < -0.3 is 4.74 Å². The van der Waals surface area contributed by atoms with Gasteiger partial charge in [0.2, 0.25) is 0 Å². The number of ether oxygens (including phenoxy) is 1. The summed E-state index contributed by atoms with van der Waals surface area (Å²) >= 11 is 0. The zero-order valence-corrected chi connectivity index (χ0v) is 11.9. The van der Waals surface area contributed by atoms with Crippen LogP contribution in [0.1, 0.15) is 15.9 Å². The molecule has 3 rings (SSSR count). The first-order valence-electron chi connectivity index (χ1n) is 6.66.